The van der Waals surface area contributed by atoms with Crippen molar-refractivity contribution >= 4 is 35.2 Å². The average molecular weight is 531 g/mol. The number of halogens is 6. The molecule has 0 spiro atoms. The number of nitrogens with zero attached hydrogens (tertiary/aromatic N) is 4. The second kappa shape index (κ2) is 10.8. The van der Waals surface area contributed by atoms with Crippen LogP contribution < -0.4 is 11.1 Å². The molecule has 0 radical (unpaired) electrons. The fraction of sp³-hybridized carbons (Fsp3) is 0.391. The van der Waals surface area contributed by atoms with Crippen molar-refractivity contribution in [3.05, 3.63) is 58.5 Å². The number of amides is 1. The van der Waals surface area contributed by atoms with Gasteiger partial charge in [-0.3, -0.25) is 9.79 Å². The molecule has 0 aliphatic carbocycles. The summed E-state index contributed by atoms with van der Waals surface area (Å²) in [5.74, 6) is -4.81. The van der Waals surface area contributed by atoms with E-state index in [-0.39, 0.29) is 23.8 Å². The molecule has 3 rings (SSSR count). The lowest BCUT2D eigenvalue weighted by molar-refractivity contribution is -0.148. The van der Waals surface area contributed by atoms with Gasteiger partial charge in [-0.05, 0) is 23.6 Å². The van der Waals surface area contributed by atoms with Crippen molar-refractivity contribution in [1.82, 2.24) is 14.9 Å². The average Bonchev–Trinajstić information content (AvgIpc) is 2.80. The van der Waals surface area contributed by atoms with Gasteiger partial charge in [0.1, 0.15) is 5.70 Å². The van der Waals surface area contributed by atoms with Crippen LogP contribution in [0.15, 0.2) is 47.3 Å². The molecule has 2 atom stereocenters. The molecule has 2 aromatic rings. The van der Waals surface area contributed by atoms with Gasteiger partial charge in [0.25, 0.3) is 11.8 Å². The largest absolute Gasteiger partial charge is 0.419 e. The lowest BCUT2D eigenvalue weighted by Crippen LogP contribution is -2.58. The molecule has 7 nitrogen and oxygen atoms in total. The number of anilines is 1. The fourth-order valence-electron chi connectivity index (χ4n) is 4.00. The molecule has 3 N–H and O–H groups in total. The van der Waals surface area contributed by atoms with Crippen molar-refractivity contribution in [2.24, 2.45) is 16.6 Å². The number of hydrogen-bond acceptors (Lipinski definition) is 6. The summed E-state index contributed by atoms with van der Waals surface area (Å²) in [7, 11) is 1.47. The zero-order valence-corrected chi connectivity index (χ0v) is 20.1. The van der Waals surface area contributed by atoms with Gasteiger partial charge >= 0.3 is 6.18 Å². The number of likely N-dealkylation sites (tertiary alicyclic amines) is 1. The molecular formula is C23H24ClF5N6O. The molecule has 194 valence electrons. The maximum atomic E-state index is 14.5. The second-order valence-corrected chi connectivity index (χ2v) is 8.87. The Labute approximate surface area is 209 Å². The Balaban J connectivity index is 1.90. The fourth-order valence-corrected chi connectivity index (χ4v) is 4.19. The highest BCUT2D eigenvalue weighted by atomic mass is 35.5. The zero-order valence-electron chi connectivity index (χ0n) is 19.4. The number of nitrogens with two attached hydrogens (primary N) is 1. The van der Waals surface area contributed by atoms with Gasteiger partial charge in [-0.25, -0.2) is 18.7 Å². The second-order valence-electron chi connectivity index (χ2n) is 8.44. The first-order chi connectivity index (χ1) is 16.8. The van der Waals surface area contributed by atoms with Crippen molar-refractivity contribution < 1.29 is 26.7 Å². The van der Waals surface area contributed by atoms with Crippen molar-refractivity contribution in [3.8, 4) is 0 Å². The number of piperidine rings is 1. The van der Waals surface area contributed by atoms with Crippen molar-refractivity contribution in [1.29, 1.82) is 0 Å². The van der Waals surface area contributed by atoms with Crippen molar-refractivity contribution in [2.75, 3.05) is 25.5 Å². The third-order valence-corrected chi connectivity index (χ3v) is 5.94. The van der Waals surface area contributed by atoms with Crippen LogP contribution in [0, 0.1) is 5.92 Å². The Morgan fingerprint density at radius 1 is 1.33 bits per heavy atom. The van der Waals surface area contributed by atoms with Gasteiger partial charge in [-0.2, -0.15) is 13.2 Å². The van der Waals surface area contributed by atoms with Crippen LogP contribution in [0.4, 0.5) is 27.9 Å². The van der Waals surface area contributed by atoms with Crippen molar-refractivity contribution in [3.63, 3.8) is 0 Å². The number of allylic oxidation sites excluding steroid dienone is 1. The van der Waals surface area contributed by atoms with E-state index >= 15 is 0 Å². The number of carbonyl (C=O) groups excluding carboxylic acids is 1. The number of carbonyl (C=O) groups is 1. The van der Waals surface area contributed by atoms with Gasteiger partial charge in [0.15, 0.2) is 0 Å². The first kappa shape index (κ1) is 27.3. The van der Waals surface area contributed by atoms with Crippen LogP contribution in [0.3, 0.4) is 0 Å². The Kier molecular flexibility index (Phi) is 8.17. The van der Waals surface area contributed by atoms with Gasteiger partial charge in [-0.15, -0.1) is 0 Å². The number of nitrogens with one attached hydrogen (secondary N) is 1. The third-order valence-electron chi connectivity index (χ3n) is 5.70. The number of rotatable bonds is 6. The van der Waals surface area contributed by atoms with Crippen LogP contribution in [0.2, 0.25) is 5.02 Å². The maximum Gasteiger partial charge on any atom is 0.419 e. The van der Waals surface area contributed by atoms with E-state index in [1.54, 1.807) is 31.2 Å². The zero-order chi connectivity index (χ0) is 26.7. The topological polar surface area (TPSA) is 96.5 Å². The standard InChI is InChI=1S/C23H24ClF5N6O/c1-13-7-22(25,26)12-35(18(13)11-34-21-32-8-15(9-33-21)23(27,28)29)20(36)19(30)17(10-31-2)14-4-3-5-16(24)6-14/h3-6,8-10,13,18H,7,11-12,30H2,1-2H3,(H,32,33,34)/t13-,18?/m1/s1. The quantitative estimate of drug-likeness (QED) is 0.326. The molecule has 1 saturated heterocycles. The minimum absolute atomic E-state index is 0.0873. The molecule has 0 bridgehead atoms. The van der Waals surface area contributed by atoms with Crippen LogP contribution >= 0.6 is 11.6 Å². The first-order valence-electron chi connectivity index (χ1n) is 10.8. The molecule has 1 aromatic heterocycles. The van der Waals surface area contributed by atoms with Crippen LogP contribution in [0.1, 0.15) is 24.5 Å². The molecule has 1 aromatic carbocycles. The molecule has 1 fully saturated rings. The summed E-state index contributed by atoms with van der Waals surface area (Å²) in [5, 5.41) is 3.12. The van der Waals surface area contributed by atoms with Gasteiger partial charge in [-0.1, -0.05) is 30.7 Å². The van der Waals surface area contributed by atoms with E-state index < -0.39 is 48.5 Å². The summed E-state index contributed by atoms with van der Waals surface area (Å²) in [6, 6.07) is 5.71. The molecule has 1 amide bonds. The molecule has 2 heterocycles. The minimum Gasteiger partial charge on any atom is -0.394 e. The predicted octanol–water partition coefficient (Wildman–Crippen LogP) is 4.50. The van der Waals surface area contributed by atoms with Gasteiger partial charge < -0.3 is 16.0 Å². The summed E-state index contributed by atoms with van der Waals surface area (Å²) in [4.78, 5) is 25.6. The predicted molar refractivity (Wildman–Crippen MR) is 127 cm³/mol. The van der Waals surface area contributed by atoms with Gasteiger partial charge in [0, 0.05) is 49.2 Å². The molecule has 36 heavy (non-hydrogen) atoms. The number of benzene rings is 1. The highest BCUT2D eigenvalue weighted by molar-refractivity contribution is 6.31. The van der Waals surface area contributed by atoms with Gasteiger partial charge in [0.2, 0.25) is 5.95 Å². The summed E-state index contributed by atoms with van der Waals surface area (Å²) >= 11 is 6.05. The minimum atomic E-state index is -4.60. The Morgan fingerprint density at radius 3 is 2.58 bits per heavy atom. The van der Waals surface area contributed by atoms with E-state index in [4.69, 9.17) is 17.3 Å². The summed E-state index contributed by atoms with van der Waals surface area (Å²) in [5.41, 5.74) is 5.54. The van der Waals surface area contributed by atoms with Crippen LogP contribution in [0.5, 0.6) is 0 Å². The molecule has 1 aliphatic heterocycles. The Bertz CT molecular complexity index is 1150. The lowest BCUT2D eigenvalue weighted by Gasteiger charge is -2.43. The van der Waals surface area contributed by atoms with E-state index in [9.17, 15) is 26.7 Å². The normalized spacial score (nSPS) is 20.8. The SMILES string of the molecule is CN=CC(=C(N)C(=O)N1CC(F)(F)C[C@@H](C)C1CNc1ncc(C(F)(F)F)cn1)c1cccc(Cl)c1. The van der Waals surface area contributed by atoms with E-state index in [2.05, 4.69) is 20.3 Å². The van der Waals surface area contributed by atoms with Crippen LogP contribution in [-0.4, -0.2) is 59.1 Å². The molecular weight excluding hydrogens is 507 g/mol. The highest BCUT2D eigenvalue weighted by Crippen LogP contribution is 2.35. The van der Waals surface area contributed by atoms with E-state index in [1.165, 1.54) is 13.3 Å². The first-order valence-corrected chi connectivity index (χ1v) is 11.2. The monoisotopic (exact) mass is 530 g/mol. The molecule has 1 aliphatic rings. The molecule has 1 unspecified atom stereocenters. The van der Waals surface area contributed by atoms with E-state index in [0.29, 0.717) is 23.0 Å². The summed E-state index contributed by atoms with van der Waals surface area (Å²) in [6.07, 6.45) is -2.53. The van der Waals surface area contributed by atoms with Crippen molar-refractivity contribution in [2.45, 2.75) is 31.5 Å². The molecule has 0 saturated carbocycles. The smallest absolute Gasteiger partial charge is 0.394 e. The number of aliphatic imine (C=N–C) groups is 1. The number of hydrogen-bond donors (Lipinski definition) is 2. The number of aromatic nitrogens is 2. The summed E-state index contributed by atoms with van der Waals surface area (Å²) in [6.45, 7) is 0.581. The van der Waals surface area contributed by atoms with Crippen LogP contribution in [-0.2, 0) is 11.0 Å². The lowest BCUT2D eigenvalue weighted by atomic mass is 9.88. The molecule has 13 heteroatoms. The highest BCUT2D eigenvalue weighted by Gasteiger charge is 2.46. The Hall–Kier alpha value is -3.28. The van der Waals surface area contributed by atoms with Crippen LogP contribution in [0.25, 0.3) is 5.57 Å². The van der Waals surface area contributed by atoms with E-state index in [0.717, 1.165) is 4.90 Å². The summed E-state index contributed by atoms with van der Waals surface area (Å²) < 4.78 is 67.3. The number of alkyl halides is 5. The maximum absolute atomic E-state index is 14.5. The third kappa shape index (κ3) is 6.48. The van der Waals surface area contributed by atoms with E-state index in [1.807, 2.05) is 0 Å². The Morgan fingerprint density at radius 2 is 2.00 bits per heavy atom. The van der Waals surface area contributed by atoms with Gasteiger partial charge in [0.05, 0.1) is 18.2 Å².